The largest absolute Gasteiger partial charge is 0.440 e. The van der Waals surface area contributed by atoms with Crippen LogP contribution >= 0.6 is 0 Å². The lowest BCUT2D eigenvalue weighted by Gasteiger charge is -2.26. The van der Waals surface area contributed by atoms with Crippen LogP contribution in [0.3, 0.4) is 0 Å². The number of halogens is 1. The molecule has 0 saturated heterocycles. The summed E-state index contributed by atoms with van der Waals surface area (Å²) in [5.74, 6) is -0.856. The number of nitriles is 1. The molecule has 0 aromatic heterocycles. The first-order valence-corrected chi connectivity index (χ1v) is 11.1. The maximum absolute atomic E-state index is 13.4. The van der Waals surface area contributed by atoms with E-state index in [2.05, 4.69) is 26.8 Å². The summed E-state index contributed by atoms with van der Waals surface area (Å²) in [5, 5.41) is 9.64. The van der Waals surface area contributed by atoms with E-state index in [0.717, 1.165) is 5.56 Å². The van der Waals surface area contributed by atoms with Crippen LogP contribution in [0.15, 0.2) is 84.3 Å². The number of carbonyl (C=O) groups is 1. The Morgan fingerprint density at radius 2 is 1.77 bits per heavy atom. The molecule has 0 spiro atoms. The molecule has 5 nitrogen and oxygen atoms in total. The molecular weight excluding hydrogens is 443 g/mol. The van der Waals surface area contributed by atoms with Crippen molar-refractivity contribution < 1.29 is 18.7 Å². The van der Waals surface area contributed by atoms with Gasteiger partial charge in [-0.25, -0.2) is 9.18 Å². The summed E-state index contributed by atoms with van der Waals surface area (Å²) in [6, 6.07) is 20.8. The predicted molar refractivity (Wildman–Crippen MR) is 132 cm³/mol. The van der Waals surface area contributed by atoms with Gasteiger partial charge in [-0.05, 0) is 46.4 Å². The normalized spacial score (nSPS) is 15.3. The lowest BCUT2D eigenvalue weighted by molar-refractivity contribution is -0.128. The molecule has 1 atom stereocenters. The Balaban J connectivity index is 1.53. The molecule has 1 heterocycles. The molecule has 4 rings (SSSR count). The van der Waals surface area contributed by atoms with Crippen molar-refractivity contribution in [2.75, 3.05) is 0 Å². The van der Waals surface area contributed by atoms with Crippen molar-refractivity contribution in [3.63, 3.8) is 0 Å². The molecule has 3 aromatic carbocycles. The van der Waals surface area contributed by atoms with E-state index in [9.17, 15) is 14.4 Å². The van der Waals surface area contributed by atoms with Gasteiger partial charge < -0.3 is 15.2 Å². The van der Waals surface area contributed by atoms with Gasteiger partial charge >= 0.3 is 5.97 Å². The Bertz CT molecular complexity index is 1360. The maximum atomic E-state index is 13.4. The van der Waals surface area contributed by atoms with Gasteiger partial charge in [-0.2, -0.15) is 5.26 Å². The van der Waals surface area contributed by atoms with Crippen LogP contribution in [0.1, 0.15) is 48.9 Å². The fraction of sp³-hybridized carbons (Fsp3) is 0.172. The first-order valence-electron chi connectivity index (χ1n) is 11.1. The highest BCUT2D eigenvalue weighted by atomic mass is 19.1. The number of benzene rings is 3. The predicted octanol–water partition coefficient (Wildman–Crippen LogP) is 5.96. The zero-order chi connectivity index (χ0) is 25.2. The van der Waals surface area contributed by atoms with Crippen molar-refractivity contribution in [3.05, 3.63) is 112 Å². The molecule has 0 radical (unpaired) electrons. The Morgan fingerprint density at radius 3 is 2.40 bits per heavy atom. The molecule has 6 heteroatoms. The SMILES string of the molecule is CC(C)(C)c1ccc(/C=C/C(=O)Oc2ccc3c(c2)OC(N)=C(C#N)C3c2ccc(F)cc2)cc1. The van der Waals surface area contributed by atoms with E-state index in [-0.39, 0.29) is 28.4 Å². The number of nitrogens with two attached hydrogens (primary N) is 1. The summed E-state index contributed by atoms with van der Waals surface area (Å²) in [7, 11) is 0. The van der Waals surface area contributed by atoms with Crippen LogP contribution in [-0.4, -0.2) is 5.97 Å². The number of rotatable bonds is 4. The fourth-order valence-corrected chi connectivity index (χ4v) is 3.91. The molecule has 0 amide bonds. The highest BCUT2D eigenvalue weighted by Gasteiger charge is 2.31. The second-order valence-corrected chi connectivity index (χ2v) is 9.30. The van der Waals surface area contributed by atoms with E-state index in [1.807, 2.05) is 24.3 Å². The summed E-state index contributed by atoms with van der Waals surface area (Å²) in [6.07, 6.45) is 3.05. The summed E-state index contributed by atoms with van der Waals surface area (Å²) < 4.78 is 24.5. The summed E-state index contributed by atoms with van der Waals surface area (Å²) >= 11 is 0. The molecule has 2 N–H and O–H groups in total. The minimum atomic E-state index is -0.544. The first kappa shape index (κ1) is 23.8. The van der Waals surface area contributed by atoms with Gasteiger partial charge in [0.05, 0.1) is 5.92 Å². The number of hydrogen-bond donors (Lipinski definition) is 1. The number of esters is 1. The van der Waals surface area contributed by atoms with Gasteiger partial charge in [0.15, 0.2) is 0 Å². The number of hydrogen-bond acceptors (Lipinski definition) is 5. The highest BCUT2D eigenvalue weighted by Crippen LogP contribution is 2.43. The number of ether oxygens (including phenoxy) is 2. The molecule has 3 aromatic rings. The maximum Gasteiger partial charge on any atom is 0.336 e. The number of fused-ring (bicyclic) bond motifs is 1. The number of nitrogens with zero attached hydrogens (tertiary/aromatic N) is 1. The molecule has 1 unspecified atom stereocenters. The standard InChI is InChI=1S/C29H25FN2O3/c1-29(2,3)20-9-4-18(5-10-20)6-15-26(33)34-22-13-14-23-25(16-22)35-28(32)24(17-31)27(23)19-7-11-21(30)12-8-19/h4-16,27H,32H2,1-3H3/b15-6+. The minimum Gasteiger partial charge on any atom is -0.440 e. The van der Waals surface area contributed by atoms with Gasteiger partial charge in [-0.3, -0.25) is 0 Å². The molecule has 1 aliphatic rings. The average Bonchev–Trinajstić information content (AvgIpc) is 2.82. The van der Waals surface area contributed by atoms with Crippen LogP contribution < -0.4 is 15.2 Å². The molecule has 35 heavy (non-hydrogen) atoms. The third-order valence-electron chi connectivity index (χ3n) is 5.80. The molecule has 0 aliphatic carbocycles. The molecule has 0 fully saturated rings. The second-order valence-electron chi connectivity index (χ2n) is 9.30. The van der Waals surface area contributed by atoms with Gasteiger partial charge in [0.25, 0.3) is 0 Å². The Hall–Kier alpha value is -4.37. The average molecular weight is 469 g/mol. The monoisotopic (exact) mass is 468 g/mol. The first-order chi connectivity index (χ1) is 16.7. The molecule has 0 bridgehead atoms. The quantitative estimate of drug-likeness (QED) is 0.290. The second kappa shape index (κ2) is 9.47. The van der Waals surface area contributed by atoms with Crippen LogP contribution in [0.25, 0.3) is 6.08 Å². The topological polar surface area (TPSA) is 85.3 Å². The van der Waals surface area contributed by atoms with E-state index < -0.39 is 11.9 Å². The minimum absolute atomic E-state index is 0.0450. The summed E-state index contributed by atoms with van der Waals surface area (Å²) in [6.45, 7) is 6.43. The Kier molecular flexibility index (Phi) is 6.44. The van der Waals surface area contributed by atoms with Gasteiger partial charge in [0, 0.05) is 17.7 Å². The Morgan fingerprint density at radius 1 is 1.09 bits per heavy atom. The van der Waals surface area contributed by atoms with Crippen molar-refractivity contribution in [1.29, 1.82) is 5.26 Å². The zero-order valence-corrected chi connectivity index (χ0v) is 19.7. The third kappa shape index (κ3) is 5.25. The Labute approximate surface area is 203 Å². The van der Waals surface area contributed by atoms with E-state index in [4.69, 9.17) is 15.2 Å². The summed E-state index contributed by atoms with van der Waals surface area (Å²) in [5.41, 5.74) is 9.74. The van der Waals surface area contributed by atoms with Crippen LogP contribution in [0.2, 0.25) is 0 Å². The smallest absolute Gasteiger partial charge is 0.336 e. The lowest BCUT2D eigenvalue weighted by Crippen LogP contribution is -2.21. The molecule has 0 saturated carbocycles. The van der Waals surface area contributed by atoms with Gasteiger partial charge in [-0.15, -0.1) is 0 Å². The molecule has 176 valence electrons. The van der Waals surface area contributed by atoms with E-state index in [1.165, 1.54) is 23.8 Å². The van der Waals surface area contributed by atoms with E-state index in [0.29, 0.717) is 16.9 Å². The molecule has 1 aliphatic heterocycles. The lowest BCUT2D eigenvalue weighted by atomic mass is 9.83. The van der Waals surface area contributed by atoms with Gasteiger partial charge in [-0.1, -0.05) is 63.2 Å². The van der Waals surface area contributed by atoms with Crippen molar-refractivity contribution in [2.24, 2.45) is 5.73 Å². The number of allylic oxidation sites excluding steroid dienone is 1. The van der Waals surface area contributed by atoms with Gasteiger partial charge in [0.1, 0.15) is 29.0 Å². The number of carbonyl (C=O) groups excluding carboxylic acids is 1. The van der Waals surface area contributed by atoms with Crippen LogP contribution in [0, 0.1) is 17.1 Å². The van der Waals surface area contributed by atoms with Crippen LogP contribution in [0.4, 0.5) is 4.39 Å². The van der Waals surface area contributed by atoms with Crippen molar-refractivity contribution in [3.8, 4) is 17.6 Å². The zero-order valence-electron chi connectivity index (χ0n) is 19.7. The van der Waals surface area contributed by atoms with Crippen molar-refractivity contribution in [2.45, 2.75) is 32.1 Å². The third-order valence-corrected chi connectivity index (χ3v) is 5.80. The summed E-state index contributed by atoms with van der Waals surface area (Å²) in [4.78, 5) is 12.4. The van der Waals surface area contributed by atoms with Crippen LogP contribution in [0.5, 0.6) is 11.5 Å². The van der Waals surface area contributed by atoms with Crippen molar-refractivity contribution in [1.82, 2.24) is 0 Å². The van der Waals surface area contributed by atoms with Gasteiger partial charge in [0.2, 0.25) is 5.88 Å². The van der Waals surface area contributed by atoms with Crippen molar-refractivity contribution >= 4 is 12.0 Å². The van der Waals surface area contributed by atoms with E-state index in [1.54, 1.807) is 36.4 Å². The van der Waals surface area contributed by atoms with E-state index >= 15 is 0 Å². The fourth-order valence-electron chi connectivity index (χ4n) is 3.91. The molecular formula is C29H25FN2O3. The van der Waals surface area contributed by atoms with Crippen LogP contribution in [-0.2, 0) is 10.2 Å². The highest BCUT2D eigenvalue weighted by molar-refractivity contribution is 5.88.